The Balaban J connectivity index is 1.54. The predicted molar refractivity (Wildman–Crippen MR) is 113 cm³/mol. The Bertz CT molecular complexity index is 869. The van der Waals surface area contributed by atoms with Crippen molar-refractivity contribution in [1.82, 2.24) is 14.1 Å². The van der Waals surface area contributed by atoms with Crippen LogP contribution in [-0.4, -0.2) is 87.0 Å². The molecule has 1 aromatic rings. The minimum Gasteiger partial charge on any atom is -0.494 e. The first-order valence-electron chi connectivity index (χ1n) is 10.9. The van der Waals surface area contributed by atoms with Crippen molar-refractivity contribution in [2.75, 3.05) is 52.4 Å². The maximum absolute atomic E-state index is 12.9. The van der Waals surface area contributed by atoms with Gasteiger partial charge in [0.25, 0.3) is 0 Å². The highest BCUT2D eigenvalue weighted by Crippen LogP contribution is 2.27. The Kier molecular flexibility index (Phi) is 8.05. The average Bonchev–Trinajstić information content (AvgIpc) is 2.98. The molecule has 0 spiro atoms. The molecule has 0 N–H and O–H groups in total. The Labute approximate surface area is 187 Å². The van der Waals surface area contributed by atoms with Crippen LogP contribution >= 0.6 is 0 Å². The molecule has 32 heavy (non-hydrogen) atoms. The molecule has 0 radical (unpaired) electrons. The fraction of sp³-hybridized carbons (Fsp3) is 0.667. The van der Waals surface area contributed by atoms with Gasteiger partial charge in [0.2, 0.25) is 15.9 Å². The van der Waals surface area contributed by atoms with Crippen LogP contribution in [0.5, 0.6) is 5.75 Å². The zero-order valence-electron chi connectivity index (χ0n) is 18.2. The van der Waals surface area contributed by atoms with E-state index in [1.807, 2.05) is 6.92 Å². The van der Waals surface area contributed by atoms with Gasteiger partial charge >= 0.3 is 6.18 Å². The van der Waals surface area contributed by atoms with Crippen molar-refractivity contribution in [2.24, 2.45) is 5.92 Å². The number of carbonyl (C=O) groups excluding carboxylic acids is 1. The average molecular weight is 478 g/mol. The van der Waals surface area contributed by atoms with E-state index in [0.29, 0.717) is 44.7 Å². The summed E-state index contributed by atoms with van der Waals surface area (Å²) in [4.78, 5) is 16.1. The lowest BCUT2D eigenvalue weighted by molar-refractivity contribution is -0.145. The summed E-state index contributed by atoms with van der Waals surface area (Å²) in [5.74, 6) is 0.204. The lowest BCUT2D eigenvalue weighted by atomic mass is 9.96. The minimum atomic E-state index is -4.25. The van der Waals surface area contributed by atoms with Crippen LogP contribution in [0.3, 0.4) is 0 Å². The molecule has 0 atom stereocenters. The lowest BCUT2D eigenvalue weighted by Crippen LogP contribution is -2.45. The summed E-state index contributed by atoms with van der Waals surface area (Å²) in [7, 11) is -3.66. The molecule has 0 aromatic heterocycles. The van der Waals surface area contributed by atoms with E-state index in [9.17, 15) is 26.4 Å². The van der Waals surface area contributed by atoms with E-state index in [0.717, 1.165) is 0 Å². The molecule has 1 aromatic carbocycles. The van der Waals surface area contributed by atoms with Crippen LogP contribution in [0.15, 0.2) is 29.2 Å². The number of halogens is 3. The Morgan fingerprint density at radius 1 is 1.03 bits per heavy atom. The number of carbonyl (C=O) groups is 1. The summed E-state index contributed by atoms with van der Waals surface area (Å²) < 4.78 is 70.5. The molecule has 0 unspecified atom stereocenters. The van der Waals surface area contributed by atoms with Crippen LogP contribution in [0, 0.1) is 5.92 Å². The maximum Gasteiger partial charge on any atom is 0.401 e. The summed E-state index contributed by atoms with van der Waals surface area (Å²) in [6.45, 7) is 3.04. The zero-order valence-corrected chi connectivity index (χ0v) is 19.0. The summed E-state index contributed by atoms with van der Waals surface area (Å²) in [5, 5.41) is 0. The number of rotatable bonds is 6. The van der Waals surface area contributed by atoms with E-state index in [1.54, 1.807) is 17.0 Å². The fourth-order valence-corrected chi connectivity index (χ4v) is 5.70. The number of piperidine rings is 1. The van der Waals surface area contributed by atoms with Crippen molar-refractivity contribution in [2.45, 2.75) is 37.3 Å². The molecular weight excluding hydrogens is 447 g/mol. The van der Waals surface area contributed by atoms with E-state index in [-0.39, 0.29) is 42.9 Å². The minimum absolute atomic E-state index is 0.0861. The fourth-order valence-electron chi connectivity index (χ4n) is 4.23. The highest BCUT2D eigenvalue weighted by molar-refractivity contribution is 7.89. The van der Waals surface area contributed by atoms with Crippen molar-refractivity contribution in [3.8, 4) is 5.75 Å². The van der Waals surface area contributed by atoms with Crippen LogP contribution in [0.2, 0.25) is 0 Å². The highest BCUT2D eigenvalue weighted by atomic mass is 32.2. The first kappa shape index (κ1) is 24.8. The predicted octanol–water partition coefficient (Wildman–Crippen LogP) is 2.58. The van der Waals surface area contributed by atoms with Crippen LogP contribution in [0.25, 0.3) is 0 Å². The summed E-state index contributed by atoms with van der Waals surface area (Å²) in [5.41, 5.74) is 0. The van der Waals surface area contributed by atoms with Gasteiger partial charge in [0.05, 0.1) is 18.0 Å². The van der Waals surface area contributed by atoms with E-state index < -0.39 is 22.7 Å². The summed E-state index contributed by atoms with van der Waals surface area (Å²) >= 11 is 0. The van der Waals surface area contributed by atoms with E-state index in [2.05, 4.69) is 0 Å². The second-order valence-electron chi connectivity index (χ2n) is 8.15. The number of amides is 1. The number of sulfonamides is 1. The molecule has 3 rings (SSSR count). The third-order valence-corrected chi connectivity index (χ3v) is 7.79. The topological polar surface area (TPSA) is 70.2 Å². The highest BCUT2D eigenvalue weighted by Gasteiger charge is 2.35. The van der Waals surface area contributed by atoms with Crippen molar-refractivity contribution in [3.05, 3.63) is 24.3 Å². The quantitative estimate of drug-likeness (QED) is 0.630. The van der Waals surface area contributed by atoms with Crippen LogP contribution in [0.4, 0.5) is 13.2 Å². The van der Waals surface area contributed by atoms with Gasteiger partial charge in [-0.05, 0) is 50.5 Å². The number of hydrogen-bond donors (Lipinski definition) is 0. The third kappa shape index (κ3) is 6.35. The molecule has 2 fully saturated rings. The van der Waals surface area contributed by atoms with Crippen molar-refractivity contribution < 1.29 is 31.1 Å². The number of nitrogens with zero attached hydrogens (tertiary/aromatic N) is 3. The van der Waals surface area contributed by atoms with E-state index >= 15 is 0 Å². The lowest BCUT2D eigenvalue weighted by Gasteiger charge is -2.33. The van der Waals surface area contributed by atoms with E-state index in [4.69, 9.17) is 4.74 Å². The van der Waals surface area contributed by atoms with Crippen LogP contribution in [-0.2, 0) is 14.8 Å². The molecule has 180 valence electrons. The maximum atomic E-state index is 12.9. The van der Waals surface area contributed by atoms with Gasteiger partial charge < -0.3 is 9.64 Å². The smallest absolute Gasteiger partial charge is 0.401 e. The molecule has 1 amide bonds. The third-order valence-electron chi connectivity index (χ3n) is 5.88. The van der Waals surface area contributed by atoms with E-state index in [1.165, 1.54) is 21.3 Å². The van der Waals surface area contributed by atoms with Crippen molar-refractivity contribution in [1.29, 1.82) is 0 Å². The summed E-state index contributed by atoms with van der Waals surface area (Å²) in [6, 6.07) is 6.27. The summed E-state index contributed by atoms with van der Waals surface area (Å²) in [6.07, 6.45) is -2.96. The molecule has 11 heteroatoms. The first-order chi connectivity index (χ1) is 15.1. The van der Waals surface area contributed by atoms with Gasteiger partial charge in [-0.1, -0.05) is 0 Å². The molecule has 7 nitrogen and oxygen atoms in total. The van der Waals surface area contributed by atoms with Gasteiger partial charge in [-0.2, -0.15) is 17.5 Å². The largest absolute Gasteiger partial charge is 0.494 e. The van der Waals surface area contributed by atoms with Crippen LogP contribution < -0.4 is 4.74 Å². The molecule has 0 saturated carbocycles. The van der Waals surface area contributed by atoms with Crippen molar-refractivity contribution in [3.63, 3.8) is 0 Å². The Morgan fingerprint density at radius 2 is 1.69 bits per heavy atom. The molecule has 2 saturated heterocycles. The molecule has 0 aliphatic carbocycles. The van der Waals surface area contributed by atoms with Gasteiger partial charge in [0, 0.05) is 45.2 Å². The number of alkyl halides is 3. The van der Waals surface area contributed by atoms with Crippen LogP contribution in [0.1, 0.15) is 26.2 Å². The van der Waals surface area contributed by atoms with Gasteiger partial charge in [-0.3, -0.25) is 9.69 Å². The van der Waals surface area contributed by atoms with Crippen molar-refractivity contribution >= 4 is 15.9 Å². The Morgan fingerprint density at radius 3 is 2.28 bits per heavy atom. The number of hydrogen-bond acceptors (Lipinski definition) is 5. The normalized spacial score (nSPS) is 20.2. The SMILES string of the molecule is CCOc1ccc(S(=O)(=O)N2CCC(C(=O)N3CCCN(CC(F)(F)F)CC3)CC2)cc1. The van der Waals surface area contributed by atoms with Gasteiger partial charge in [-0.25, -0.2) is 8.42 Å². The van der Waals surface area contributed by atoms with Gasteiger partial charge in [-0.15, -0.1) is 0 Å². The number of ether oxygens (including phenoxy) is 1. The first-order valence-corrected chi connectivity index (χ1v) is 12.3. The second kappa shape index (κ2) is 10.4. The van der Waals surface area contributed by atoms with Gasteiger partial charge in [0.1, 0.15) is 5.75 Å². The molecule has 2 heterocycles. The monoisotopic (exact) mass is 477 g/mol. The molecule has 0 bridgehead atoms. The Hall–Kier alpha value is -1.85. The standard InChI is InChI=1S/C21H30F3N3O4S/c1-2-31-18-4-6-19(7-5-18)32(29,30)27-12-8-17(9-13-27)20(28)26-11-3-10-25(14-15-26)16-21(22,23)24/h4-7,17H,2-3,8-16H2,1H3. The number of benzene rings is 1. The zero-order chi connectivity index (χ0) is 23.4. The molecule has 2 aliphatic rings. The molecular formula is C21H30F3N3O4S. The second-order valence-corrected chi connectivity index (χ2v) is 10.1. The van der Waals surface area contributed by atoms with Gasteiger partial charge in [0.15, 0.2) is 0 Å². The molecule has 2 aliphatic heterocycles.